The molecule has 0 unspecified atom stereocenters. The highest BCUT2D eigenvalue weighted by Crippen LogP contribution is 2.37. The maximum absolute atomic E-state index is 12.9. The minimum absolute atomic E-state index is 0.0902. The molecule has 0 spiro atoms. The van der Waals surface area contributed by atoms with Crippen LogP contribution in [-0.4, -0.2) is 32.3 Å². The highest BCUT2D eigenvalue weighted by atomic mass is 16.7. The van der Waals surface area contributed by atoms with E-state index in [2.05, 4.69) is 12.1 Å². The zero-order valence-electron chi connectivity index (χ0n) is 17.6. The number of ketones is 1. The van der Waals surface area contributed by atoms with Crippen LogP contribution in [0.3, 0.4) is 0 Å². The van der Waals surface area contributed by atoms with Crippen molar-refractivity contribution in [3.05, 3.63) is 76.9 Å². The predicted octanol–water partition coefficient (Wildman–Crippen LogP) is 4.72. The van der Waals surface area contributed by atoms with Crippen LogP contribution in [0.2, 0.25) is 0 Å². The van der Waals surface area contributed by atoms with Gasteiger partial charge in [-0.3, -0.25) is 4.79 Å². The van der Waals surface area contributed by atoms with Crippen molar-refractivity contribution in [3.8, 4) is 5.75 Å². The van der Waals surface area contributed by atoms with Gasteiger partial charge in [0.15, 0.2) is 6.79 Å². The SMILES string of the molecule is CCOC(=O)C(=O)c1cc(CC)c(OCOC)c2c(Cc3ccccc3)cccc12. The van der Waals surface area contributed by atoms with Crippen LogP contribution in [0.1, 0.15) is 40.9 Å². The van der Waals surface area contributed by atoms with E-state index in [0.29, 0.717) is 29.5 Å². The standard InChI is InChI=1S/C25H26O5/c1-4-18-15-21(23(26)25(27)29-5-2)20-13-9-12-19(14-17-10-7-6-8-11-17)22(20)24(18)30-16-28-3/h6-13,15H,4-5,14,16H2,1-3H3. The van der Waals surface area contributed by atoms with E-state index in [4.69, 9.17) is 14.2 Å². The maximum Gasteiger partial charge on any atom is 0.379 e. The maximum atomic E-state index is 12.9. The second kappa shape index (κ2) is 10.0. The molecule has 3 aromatic carbocycles. The van der Waals surface area contributed by atoms with Gasteiger partial charge >= 0.3 is 5.97 Å². The number of Topliss-reactive ketones (excluding diaryl/α,β-unsaturated/α-hetero) is 1. The van der Waals surface area contributed by atoms with Gasteiger partial charge in [0.05, 0.1) is 6.61 Å². The number of benzene rings is 3. The summed E-state index contributed by atoms with van der Waals surface area (Å²) in [4.78, 5) is 25.1. The van der Waals surface area contributed by atoms with Crippen molar-refractivity contribution in [1.29, 1.82) is 0 Å². The average Bonchev–Trinajstić information content (AvgIpc) is 2.77. The Bertz CT molecular complexity index is 1040. The third-order valence-electron chi connectivity index (χ3n) is 4.92. The van der Waals surface area contributed by atoms with Gasteiger partial charge in [0.1, 0.15) is 5.75 Å². The van der Waals surface area contributed by atoms with E-state index in [1.165, 1.54) is 0 Å². The topological polar surface area (TPSA) is 61.8 Å². The molecule has 0 aliphatic heterocycles. The van der Waals surface area contributed by atoms with Crippen molar-refractivity contribution < 1.29 is 23.8 Å². The summed E-state index contributed by atoms with van der Waals surface area (Å²) in [6.45, 7) is 3.91. The molecule has 0 radical (unpaired) electrons. The minimum atomic E-state index is -0.847. The monoisotopic (exact) mass is 406 g/mol. The number of carbonyl (C=O) groups excluding carboxylic acids is 2. The number of aryl methyl sites for hydroxylation is 1. The highest BCUT2D eigenvalue weighted by Gasteiger charge is 2.24. The first-order valence-corrected chi connectivity index (χ1v) is 10.0. The minimum Gasteiger partial charge on any atom is -0.467 e. The summed E-state index contributed by atoms with van der Waals surface area (Å²) in [5, 5.41) is 1.50. The summed E-state index contributed by atoms with van der Waals surface area (Å²) >= 11 is 0. The molecule has 0 aliphatic carbocycles. The van der Waals surface area contributed by atoms with E-state index in [1.807, 2.05) is 43.3 Å². The van der Waals surface area contributed by atoms with Crippen molar-refractivity contribution in [2.75, 3.05) is 20.5 Å². The van der Waals surface area contributed by atoms with Crippen LogP contribution in [0, 0.1) is 0 Å². The first kappa shape index (κ1) is 21.5. The van der Waals surface area contributed by atoms with Gasteiger partial charge in [-0.25, -0.2) is 4.79 Å². The molecule has 0 aromatic heterocycles. The molecule has 0 N–H and O–H groups in total. The van der Waals surface area contributed by atoms with Crippen LogP contribution < -0.4 is 4.74 Å². The quantitative estimate of drug-likeness (QED) is 0.223. The summed E-state index contributed by atoms with van der Waals surface area (Å²) in [6, 6.07) is 17.6. The fourth-order valence-electron chi connectivity index (χ4n) is 3.57. The van der Waals surface area contributed by atoms with E-state index in [-0.39, 0.29) is 13.4 Å². The third-order valence-corrected chi connectivity index (χ3v) is 4.92. The molecule has 30 heavy (non-hydrogen) atoms. The Hall–Kier alpha value is -3.18. The molecule has 0 heterocycles. The van der Waals surface area contributed by atoms with Crippen molar-refractivity contribution in [1.82, 2.24) is 0 Å². The van der Waals surface area contributed by atoms with Crippen molar-refractivity contribution in [2.24, 2.45) is 0 Å². The van der Waals surface area contributed by atoms with E-state index in [1.54, 1.807) is 20.1 Å². The molecular formula is C25H26O5. The normalized spacial score (nSPS) is 10.8. The molecular weight excluding hydrogens is 380 g/mol. The summed E-state index contributed by atoms with van der Waals surface area (Å²) < 4.78 is 16.1. The number of hydrogen-bond donors (Lipinski definition) is 0. The Balaban J connectivity index is 2.25. The summed E-state index contributed by atoms with van der Waals surface area (Å²) in [5.41, 5.74) is 3.33. The first-order chi connectivity index (χ1) is 14.6. The Morgan fingerprint density at radius 1 is 0.933 bits per heavy atom. The van der Waals surface area contributed by atoms with Gasteiger partial charge in [0.2, 0.25) is 0 Å². The van der Waals surface area contributed by atoms with Crippen LogP contribution >= 0.6 is 0 Å². The molecule has 0 aliphatic rings. The van der Waals surface area contributed by atoms with Gasteiger partial charge in [0, 0.05) is 18.1 Å². The number of ether oxygens (including phenoxy) is 3. The van der Waals surface area contributed by atoms with E-state index in [0.717, 1.165) is 22.1 Å². The number of carbonyl (C=O) groups is 2. The van der Waals surface area contributed by atoms with Gasteiger partial charge in [0.25, 0.3) is 5.78 Å². The van der Waals surface area contributed by atoms with E-state index >= 15 is 0 Å². The fraction of sp³-hybridized carbons (Fsp3) is 0.280. The molecule has 5 heteroatoms. The largest absolute Gasteiger partial charge is 0.467 e. The van der Waals surface area contributed by atoms with Crippen LogP contribution in [0.15, 0.2) is 54.6 Å². The third kappa shape index (κ3) is 4.52. The molecule has 0 saturated heterocycles. The molecule has 0 fully saturated rings. The number of fused-ring (bicyclic) bond motifs is 1. The Morgan fingerprint density at radius 3 is 2.37 bits per heavy atom. The highest BCUT2D eigenvalue weighted by molar-refractivity contribution is 6.43. The molecule has 156 valence electrons. The number of esters is 1. The lowest BCUT2D eigenvalue weighted by molar-refractivity contribution is -0.137. The average molecular weight is 406 g/mol. The smallest absolute Gasteiger partial charge is 0.379 e. The fourth-order valence-corrected chi connectivity index (χ4v) is 3.57. The molecule has 0 bridgehead atoms. The Kier molecular flexibility index (Phi) is 7.20. The molecule has 3 aromatic rings. The zero-order chi connectivity index (χ0) is 21.5. The number of rotatable bonds is 9. The van der Waals surface area contributed by atoms with Gasteiger partial charge in [-0.2, -0.15) is 0 Å². The molecule has 0 saturated carbocycles. The van der Waals surface area contributed by atoms with Crippen molar-refractivity contribution in [3.63, 3.8) is 0 Å². The van der Waals surface area contributed by atoms with Crippen LogP contribution in [-0.2, 0) is 27.1 Å². The van der Waals surface area contributed by atoms with Crippen LogP contribution in [0.25, 0.3) is 10.8 Å². The van der Waals surface area contributed by atoms with Crippen molar-refractivity contribution >= 4 is 22.5 Å². The van der Waals surface area contributed by atoms with Crippen LogP contribution in [0.5, 0.6) is 5.75 Å². The number of hydrogen-bond acceptors (Lipinski definition) is 5. The first-order valence-electron chi connectivity index (χ1n) is 10.0. The van der Waals surface area contributed by atoms with E-state index < -0.39 is 11.8 Å². The van der Waals surface area contributed by atoms with Crippen LogP contribution in [0.4, 0.5) is 0 Å². The van der Waals surface area contributed by atoms with E-state index in [9.17, 15) is 9.59 Å². The van der Waals surface area contributed by atoms with Gasteiger partial charge in [-0.05, 0) is 47.9 Å². The van der Waals surface area contributed by atoms with Crippen molar-refractivity contribution in [2.45, 2.75) is 26.7 Å². The molecule has 3 rings (SSSR count). The Morgan fingerprint density at radius 2 is 1.70 bits per heavy atom. The summed E-state index contributed by atoms with van der Waals surface area (Å²) in [5.74, 6) is -0.812. The summed E-state index contributed by atoms with van der Waals surface area (Å²) in [7, 11) is 1.57. The Labute approximate surface area is 176 Å². The zero-order valence-corrected chi connectivity index (χ0v) is 17.6. The molecule has 0 amide bonds. The lowest BCUT2D eigenvalue weighted by Gasteiger charge is -2.18. The lowest BCUT2D eigenvalue weighted by atomic mass is 9.91. The van der Waals surface area contributed by atoms with Gasteiger partial charge in [-0.1, -0.05) is 55.5 Å². The molecule has 0 atom stereocenters. The summed E-state index contributed by atoms with van der Waals surface area (Å²) in [6.07, 6.45) is 1.31. The second-order valence-corrected chi connectivity index (χ2v) is 6.87. The second-order valence-electron chi connectivity index (χ2n) is 6.87. The van der Waals surface area contributed by atoms with Gasteiger partial charge < -0.3 is 14.2 Å². The predicted molar refractivity (Wildman–Crippen MR) is 116 cm³/mol. The number of methoxy groups -OCH3 is 1. The molecule has 5 nitrogen and oxygen atoms in total. The lowest BCUT2D eigenvalue weighted by Crippen LogP contribution is -2.18. The van der Waals surface area contributed by atoms with Gasteiger partial charge in [-0.15, -0.1) is 0 Å².